The molecule has 0 radical (unpaired) electrons. The number of carbonyl (C=O) groups excluding carboxylic acids is 1. The normalized spacial score (nSPS) is 10.6. The van der Waals surface area contributed by atoms with E-state index in [1.807, 2.05) is 23.9 Å². The summed E-state index contributed by atoms with van der Waals surface area (Å²) in [6.45, 7) is 1.38. The van der Waals surface area contributed by atoms with E-state index in [2.05, 4.69) is 4.84 Å². The van der Waals surface area contributed by atoms with Crippen LogP contribution < -0.4 is 5.48 Å². The average molecular weight is 241 g/mol. The molecule has 0 atom stereocenters. The summed E-state index contributed by atoms with van der Waals surface area (Å²) < 4.78 is 0. The Hall–Kier alpha value is -1.66. The molecule has 1 aromatic heterocycles. The summed E-state index contributed by atoms with van der Waals surface area (Å²) in [4.78, 5) is 26.6. The van der Waals surface area contributed by atoms with Crippen molar-refractivity contribution in [3.05, 3.63) is 28.0 Å². The number of thiophene rings is 1. The summed E-state index contributed by atoms with van der Waals surface area (Å²) in [5.74, 6) is -1.63. The summed E-state index contributed by atoms with van der Waals surface area (Å²) in [6, 6.07) is 1.95. The maximum absolute atomic E-state index is 11.1. The first-order valence-corrected chi connectivity index (χ1v) is 5.33. The lowest BCUT2D eigenvalue weighted by atomic mass is 10.3. The highest BCUT2D eigenvalue weighted by Gasteiger charge is 2.00. The van der Waals surface area contributed by atoms with Crippen LogP contribution in [0, 0.1) is 6.92 Å². The number of carboxylic acid groups (broad SMARTS) is 1. The van der Waals surface area contributed by atoms with Crippen LogP contribution in [-0.2, 0) is 14.4 Å². The molecule has 86 valence electrons. The number of carbonyl (C=O) groups is 2. The van der Waals surface area contributed by atoms with Crippen LogP contribution in [-0.4, -0.2) is 23.6 Å². The number of hydroxylamine groups is 1. The second-order valence-corrected chi connectivity index (χ2v) is 3.90. The molecule has 1 rings (SSSR count). The smallest absolute Gasteiger partial charge is 0.332 e. The molecule has 0 unspecified atom stereocenters. The predicted octanol–water partition coefficient (Wildman–Crippen LogP) is 1.20. The SMILES string of the molecule is Cc1ccsc1C=CC(=O)NOCC(=O)O. The summed E-state index contributed by atoms with van der Waals surface area (Å²) in [7, 11) is 0. The van der Waals surface area contributed by atoms with E-state index in [0.29, 0.717) is 0 Å². The summed E-state index contributed by atoms with van der Waals surface area (Å²) in [5.41, 5.74) is 3.08. The first-order chi connectivity index (χ1) is 7.59. The van der Waals surface area contributed by atoms with Crippen LogP contribution in [0.4, 0.5) is 0 Å². The maximum Gasteiger partial charge on any atom is 0.332 e. The van der Waals surface area contributed by atoms with Gasteiger partial charge in [-0.3, -0.25) is 9.63 Å². The van der Waals surface area contributed by atoms with E-state index >= 15 is 0 Å². The lowest BCUT2D eigenvalue weighted by Gasteiger charge is -1.98. The van der Waals surface area contributed by atoms with Crippen molar-refractivity contribution in [1.82, 2.24) is 5.48 Å². The third-order valence-electron chi connectivity index (χ3n) is 1.66. The zero-order valence-electron chi connectivity index (χ0n) is 8.60. The van der Waals surface area contributed by atoms with Gasteiger partial charge in [-0.05, 0) is 30.0 Å². The summed E-state index contributed by atoms with van der Waals surface area (Å²) in [6.07, 6.45) is 2.94. The van der Waals surface area contributed by atoms with E-state index in [1.54, 1.807) is 6.08 Å². The van der Waals surface area contributed by atoms with Gasteiger partial charge in [-0.25, -0.2) is 10.3 Å². The molecule has 0 spiro atoms. The van der Waals surface area contributed by atoms with Gasteiger partial charge in [0.25, 0.3) is 5.91 Å². The molecule has 16 heavy (non-hydrogen) atoms. The monoisotopic (exact) mass is 241 g/mol. The number of hydrogen-bond acceptors (Lipinski definition) is 4. The number of hydrogen-bond donors (Lipinski definition) is 2. The Bertz CT molecular complexity index is 411. The lowest BCUT2D eigenvalue weighted by molar-refractivity contribution is -0.147. The molecule has 5 nitrogen and oxygen atoms in total. The van der Waals surface area contributed by atoms with E-state index in [0.717, 1.165) is 10.4 Å². The van der Waals surface area contributed by atoms with Gasteiger partial charge in [0.05, 0.1) is 0 Å². The number of nitrogens with one attached hydrogen (secondary N) is 1. The van der Waals surface area contributed by atoms with E-state index < -0.39 is 18.5 Å². The van der Waals surface area contributed by atoms with Gasteiger partial charge in [-0.2, -0.15) is 0 Å². The second-order valence-electron chi connectivity index (χ2n) is 2.95. The Morgan fingerprint density at radius 2 is 2.38 bits per heavy atom. The summed E-state index contributed by atoms with van der Waals surface area (Å²) >= 11 is 1.52. The minimum absolute atomic E-state index is 0.492. The zero-order chi connectivity index (χ0) is 12.0. The zero-order valence-corrected chi connectivity index (χ0v) is 9.41. The predicted molar refractivity (Wildman–Crippen MR) is 59.8 cm³/mol. The van der Waals surface area contributed by atoms with Gasteiger partial charge < -0.3 is 5.11 Å². The minimum atomic E-state index is -1.14. The number of aliphatic carboxylic acids is 1. The molecular weight excluding hydrogens is 230 g/mol. The Kier molecular flexibility index (Phi) is 4.68. The Morgan fingerprint density at radius 3 is 2.94 bits per heavy atom. The third-order valence-corrected chi connectivity index (χ3v) is 2.64. The molecule has 0 aromatic carbocycles. The molecule has 0 aliphatic carbocycles. The third kappa shape index (κ3) is 4.24. The number of carboxylic acids is 1. The molecule has 2 N–H and O–H groups in total. The van der Waals surface area contributed by atoms with Crippen LogP contribution >= 0.6 is 11.3 Å². The molecule has 0 saturated carbocycles. The maximum atomic E-state index is 11.1. The topological polar surface area (TPSA) is 75.6 Å². The molecule has 1 heterocycles. The van der Waals surface area contributed by atoms with Crippen LogP contribution in [0.3, 0.4) is 0 Å². The van der Waals surface area contributed by atoms with E-state index in [4.69, 9.17) is 5.11 Å². The van der Waals surface area contributed by atoms with Gasteiger partial charge in [-0.15, -0.1) is 11.3 Å². The van der Waals surface area contributed by atoms with Crippen LogP contribution in [0.2, 0.25) is 0 Å². The molecule has 0 aliphatic heterocycles. The van der Waals surface area contributed by atoms with Gasteiger partial charge in [0.15, 0.2) is 6.61 Å². The number of amides is 1. The Morgan fingerprint density at radius 1 is 1.62 bits per heavy atom. The quantitative estimate of drug-likeness (QED) is 0.600. The molecule has 0 saturated heterocycles. The van der Waals surface area contributed by atoms with E-state index in [-0.39, 0.29) is 0 Å². The van der Waals surface area contributed by atoms with Crippen molar-refractivity contribution in [2.75, 3.05) is 6.61 Å². The standard InChI is InChI=1S/C10H11NO4S/c1-7-4-5-16-8(7)2-3-9(12)11-15-6-10(13)14/h2-5H,6H2,1H3,(H,11,12)(H,13,14). The number of aryl methyl sites for hydroxylation is 1. The molecule has 0 fully saturated rings. The Labute approximate surface area is 96.3 Å². The molecule has 1 aromatic rings. The van der Waals surface area contributed by atoms with Crippen molar-refractivity contribution < 1.29 is 19.5 Å². The van der Waals surface area contributed by atoms with Crippen LogP contribution in [0.25, 0.3) is 6.08 Å². The fraction of sp³-hybridized carbons (Fsp3) is 0.200. The van der Waals surface area contributed by atoms with Crippen molar-refractivity contribution in [1.29, 1.82) is 0 Å². The summed E-state index contributed by atoms with van der Waals surface area (Å²) in [5, 5.41) is 10.2. The molecular formula is C10H11NO4S. The molecule has 6 heteroatoms. The van der Waals surface area contributed by atoms with Crippen molar-refractivity contribution >= 4 is 29.3 Å². The molecule has 0 bridgehead atoms. The van der Waals surface area contributed by atoms with E-state index in [9.17, 15) is 9.59 Å². The van der Waals surface area contributed by atoms with Crippen molar-refractivity contribution in [3.8, 4) is 0 Å². The largest absolute Gasteiger partial charge is 0.479 e. The van der Waals surface area contributed by atoms with Gasteiger partial charge in [-0.1, -0.05) is 0 Å². The van der Waals surface area contributed by atoms with Crippen molar-refractivity contribution in [3.63, 3.8) is 0 Å². The van der Waals surface area contributed by atoms with Gasteiger partial charge >= 0.3 is 5.97 Å². The molecule has 0 aliphatic rings. The highest BCUT2D eigenvalue weighted by Crippen LogP contribution is 2.16. The van der Waals surface area contributed by atoms with Crippen LogP contribution in [0.15, 0.2) is 17.5 Å². The first kappa shape index (κ1) is 12.4. The average Bonchev–Trinajstić information content (AvgIpc) is 2.60. The highest BCUT2D eigenvalue weighted by atomic mass is 32.1. The van der Waals surface area contributed by atoms with Gasteiger partial charge in [0.2, 0.25) is 0 Å². The van der Waals surface area contributed by atoms with Crippen molar-refractivity contribution in [2.24, 2.45) is 0 Å². The van der Waals surface area contributed by atoms with Crippen LogP contribution in [0.1, 0.15) is 10.4 Å². The minimum Gasteiger partial charge on any atom is -0.479 e. The van der Waals surface area contributed by atoms with E-state index in [1.165, 1.54) is 17.4 Å². The lowest BCUT2D eigenvalue weighted by Crippen LogP contribution is -2.24. The Balaban J connectivity index is 2.37. The van der Waals surface area contributed by atoms with Gasteiger partial charge in [0, 0.05) is 11.0 Å². The van der Waals surface area contributed by atoms with Gasteiger partial charge in [0.1, 0.15) is 0 Å². The first-order valence-electron chi connectivity index (χ1n) is 4.45. The highest BCUT2D eigenvalue weighted by molar-refractivity contribution is 7.11. The fourth-order valence-corrected chi connectivity index (χ4v) is 1.73. The van der Waals surface area contributed by atoms with Crippen LogP contribution in [0.5, 0.6) is 0 Å². The second kappa shape index (κ2) is 6.04. The van der Waals surface area contributed by atoms with Crippen molar-refractivity contribution in [2.45, 2.75) is 6.92 Å². The number of rotatable bonds is 5. The fourth-order valence-electron chi connectivity index (χ4n) is 0.910. The molecule has 1 amide bonds.